The Balaban J connectivity index is 1.97. The van der Waals surface area contributed by atoms with Crippen LogP contribution in [0.4, 0.5) is 0 Å². The summed E-state index contributed by atoms with van der Waals surface area (Å²) in [5.41, 5.74) is 2.77. The molecule has 0 fully saturated rings. The minimum absolute atomic E-state index is 0.640. The number of hydrogen-bond donors (Lipinski definition) is 1. The summed E-state index contributed by atoms with van der Waals surface area (Å²) >= 11 is 1.78. The number of ether oxygens (including phenoxy) is 1. The third kappa shape index (κ3) is 5.18. The van der Waals surface area contributed by atoms with Gasteiger partial charge in [0.25, 0.3) is 0 Å². The molecule has 0 saturated carbocycles. The highest BCUT2D eigenvalue weighted by Crippen LogP contribution is 2.23. The first-order valence-corrected chi connectivity index (χ1v) is 8.61. The molecule has 2 nitrogen and oxygen atoms in total. The Hall–Kier alpha value is -1.32. The third-order valence-electron chi connectivity index (χ3n) is 3.81. The molecule has 0 saturated heterocycles. The van der Waals surface area contributed by atoms with Crippen LogP contribution < -0.4 is 10.1 Å². The average molecular weight is 303 g/mol. The minimum atomic E-state index is 0.640. The van der Waals surface area contributed by atoms with Crippen LogP contribution in [0.25, 0.3) is 0 Å². The van der Waals surface area contributed by atoms with E-state index in [0.717, 1.165) is 31.7 Å². The molecule has 0 bridgehead atoms. The smallest absolute Gasteiger partial charge is 0.122 e. The van der Waals surface area contributed by atoms with Gasteiger partial charge in [-0.05, 0) is 72.3 Å². The van der Waals surface area contributed by atoms with Gasteiger partial charge in [-0.3, -0.25) is 0 Å². The fourth-order valence-corrected chi connectivity index (χ4v) is 3.32. The summed E-state index contributed by atoms with van der Waals surface area (Å²) in [6.07, 6.45) is 3.44. The van der Waals surface area contributed by atoms with Crippen molar-refractivity contribution in [3.63, 3.8) is 0 Å². The van der Waals surface area contributed by atoms with E-state index in [1.165, 1.54) is 17.5 Å². The van der Waals surface area contributed by atoms with Gasteiger partial charge in [0.2, 0.25) is 0 Å². The number of thiophene rings is 1. The number of para-hydroxylation sites is 1. The average Bonchev–Trinajstić information content (AvgIpc) is 3.04. The molecule has 0 aliphatic heterocycles. The summed E-state index contributed by atoms with van der Waals surface area (Å²) in [5.74, 6) is 1.65. The van der Waals surface area contributed by atoms with Crippen molar-refractivity contribution < 1.29 is 4.74 Å². The molecule has 1 aromatic heterocycles. The molecule has 1 aromatic carbocycles. The lowest BCUT2D eigenvalue weighted by Crippen LogP contribution is -2.24. The van der Waals surface area contributed by atoms with E-state index < -0.39 is 0 Å². The zero-order valence-corrected chi connectivity index (χ0v) is 13.8. The zero-order chi connectivity index (χ0) is 14.9. The second-order valence-electron chi connectivity index (χ2n) is 5.36. The van der Waals surface area contributed by atoms with E-state index in [4.69, 9.17) is 4.74 Å². The lowest BCUT2D eigenvalue weighted by Gasteiger charge is -2.18. The Morgan fingerprint density at radius 1 is 1.24 bits per heavy atom. The number of aryl methyl sites for hydroxylation is 1. The Morgan fingerprint density at radius 3 is 2.81 bits per heavy atom. The summed E-state index contributed by atoms with van der Waals surface area (Å²) in [7, 11) is 1.75. The molecule has 0 aliphatic carbocycles. The van der Waals surface area contributed by atoms with Gasteiger partial charge in [-0.15, -0.1) is 0 Å². The molecule has 1 unspecified atom stereocenters. The molecular weight excluding hydrogens is 278 g/mol. The fraction of sp³-hybridized carbons (Fsp3) is 0.444. The Bertz CT molecular complexity index is 510. The van der Waals surface area contributed by atoms with Gasteiger partial charge in [-0.25, -0.2) is 0 Å². The van der Waals surface area contributed by atoms with Crippen LogP contribution in [0.5, 0.6) is 5.75 Å². The monoisotopic (exact) mass is 303 g/mol. The van der Waals surface area contributed by atoms with Gasteiger partial charge in [0.1, 0.15) is 5.75 Å². The number of rotatable bonds is 9. The summed E-state index contributed by atoms with van der Waals surface area (Å²) in [6, 6.07) is 10.6. The number of nitrogens with one attached hydrogen (secondary N) is 1. The predicted molar refractivity (Wildman–Crippen MR) is 91.4 cm³/mol. The highest BCUT2D eigenvalue weighted by atomic mass is 32.1. The zero-order valence-electron chi connectivity index (χ0n) is 13.0. The van der Waals surface area contributed by atoms with E-state index >= 15 is 0 Å². The van der Waals surface area contributed by atoms with Crippen LogP contribution in [0, 0.1) is 5.92 Å². The van der Waals surface area contributed by atoms with E-state index in [0.29, 0.717) is 5.92 Å². The largest absolute Gasteiger partial charge is 0.496 e. The predicted octanol–water partition coefficient (Wildman–Crippen LogP) is 4.16. The highest BCUT2D eigenvalue weighted by molar-refractivity contribution is 7.07. The maximum absolute atomic E-state index is 5.48. The van der Waals surface area contributed by atoms with Gasteiger partial charge in [0.05, 0.1) is 7.11 Å². The molecule has 1 heterocycles. The van der Waals surface area contributed by atoms with Crippen molar-refractivity contribution in [2.45, 2.75) is 26.2 Å². The van der Waals surface area contributed by atoms with E-state index in [1.54, 1.807) is 18.4 Å². The van der Waals surface area contributed by atoms with Crippen molar-refractivity contribution in [2.24, 2.45) is 5.92 Å². The molecule has 0 amide bonds. The van der Waals surface area contributed by atoms with Gasteiger partial charge in [0.15, 0.2) is 0 Å². The van der Waals surface area contributed by atoms with Crippen LogP contribution in [0.1, 0.15) is 24.5 Å². The molecule has 0 radical (unpaired) electrons. The normalized spacial score (nSPS) is 12.3. The quantitative estimate of drug-likeness (QED) is 0.751. The lowest BCUT2D eigenvalue weighted by molar-refractivity contribution is 0.396. The van der Waals surface area contributed by atoms with Crippen molar-refractivity contribution in [3.05, 3.63) is 52.2 Å². The first-order valence-electron chi connectivity index (χ1n) is 7.67. The van der Waals surface area contributed by atoms with E-state index in [9.17, 15) is 0 Å². The molecule has 1 atom stereocenters. The first-order chi connectivity index (χ1) is 10.3. The van der Waals surface area contributed by atoms with Crippen molar-refractivity contribution in [1.29, 1.82) is 0 Å². The minimum Gasteiger partial charge on any atom is -0.496 e. The van der Waals surface area contributed by atoms with E-state index in [2.05, 4.69) is 47.3 Å². The van der Waals surface area contributed by atoms with Crippen LogP contribution >= 0.6 is 11.3 Å². The fourth-order valence-electron chi connectivity index (χ4n) is 2.61. The number of methoxy groups -OCH3 is 1. The Kier molecular flexibility index (Phi) is 6.77. The van der Waals surface area contributed by atoms with Crippen LogP contribution in [0.2, 0.25) is 0 Å². The maximum Gasteiger partial charge on any atom is 0.122 e. The molecule has 1 N–H and O–H groups in total. The topological polar surface area (TPSA) is 21.3 Å². The molecule has 0 spiro atoms. The van der Waals surface area contributed by atoms with Gasteiger partial charge in [0, 0.05) is 0 Å². The second kappa shape index (κ2) is 8.85. The molecule has 2 rings (SSSR count). The SMILES string of the molecule is CCNCC(CCc1ccsc1)Cc1ccccc1OC. The van der Waals surface area contributed by atoms with Crippen LogP contribution in [-0.2, 0) is 12.8 Å². The molecule has 3 heteroatoms. The molecule has 21 heavy (non-hydrogen) atoms. The van der Waals surface area contributed by atoms with E-state index in [-0.39, 0.29) is 0 Å². The van der Waals surface area contributed by atoms with Gasteiger partial charge < -0.3 is 10.1 Å². The number of hydrogen-bond acceptors (Lipinski definition) is 3. The highest BCUT2D eigenvalue weighted by Gasteiger charge is 2.12. The Labute approximate surface area is 132 Å². The third-order valence-corrected chi connectivity index (χ3v) is 4.54. The van der Waals surface area contributed by atoms with Crippen LogP contribution in [0.3, 0.4) is 0 Å². The van der Waals surface area contributed by atoms with Crippen molar-refractivity contribution in [2.75, 3.05) is 20.2 Å². The molecule has 0 aliphatic rings. The van der Waals surface area contributed by atoms with Gasteiger partial charge in [-0.1, -0.05) is 25.1 Å². The van der Waals surface area contributed by atoms with E-state index in [1.807, 2.05) is 6.07 Å². The van der Waals surface area contributed by atoms with Crippen molar-refractivity contribution in [1.82, 2.24) is 5.32 Å². The number of benzene rings is 1. The van der Waals surface area contributed by atoms with Crippen molar-refractivity contribution >= 4 is 11.3 Å². The van der Waals surface area contributed by atoms with Crippen LogP contribution in [-0.4, -0.2) is 20.2 Å². The maximum atomic E-state index is 5.48. The van der Waals surface area contributed by atoms with Crippen LogP contribution in [0.15, 0.2) is 41.1 Å². The van der Waals surface area contributed by atoms with Crippen molar-refractivity contribution in [3.8, 4) is 5.75 Å². The molecule has 114 valence electrons. The summed E-state index contributed by atoms with van der Waals surface area (Å²) in [6.45, 7) is 4.26. The molecule has 2 aromatic rings. The summed E-state index contributed by atoms with van der Waals surface area (Å²) in [4.78, 5) is 0. The lowest BCUT2D eigenvalue weighted by atomic mass is 9.93. The second-order valence-corrected chi connectivity index (χ2v) is 6.14. The van der Waals surface area contributed by atoms with Gasteiger partial charge >= 0.3 is 0 Å². The first kappa shape index (κ1) is 16.1. The van der Waals surface area contributed by atoms with Gasteiger partial charge in [-0.2, -0.15) is 11.3 Å². The molecular formula is C18H25NOS. The Morgan fingerprint density at radius 2 is 2.10 bits per heavy atom. The summed E-state index contributed by atoms with van der Waals surface area (Å²) in [5, 5.41) is 7.92. The summed E-state index contributed by atoms with van der Waals surface area (Å²) < 4.78 is 5.48. The standard InChI is InChI=1S/C18H25NOS/c1-3-19-13-16(9-8-15-10-11-21-14-15)12-17-6-4-5-7-18(17)20-2/h4-7,10-11,14,16,19H,3,8-9,12-13H2,1-2H3.